The van der Waals surface area contributed by atoms with Crippen LogP contribution in [0.5, 0.6) is 0 Å². The van der Waals surface area contributed by atoms with Crippen LogP contribution in [0, 0.1) is 0 Å². The fourth-order valence-corrected chi connectivity index (χ4v) is 3.26. The van der Waals surface area contributed by atoms with Crippen LogP contribution in [-0.2, 0) is 0 Å². The first-order valence-electron chi connectivity index (χ1n) is 8.20. The van der Waals surface area contributed by atoms with Crippen molar-refractivity contribution < 1.29 is 14.4 Å². The molecule has 1 heterocycles. The maximum absolute atomic E-state index is 12.9. The lowest BCUT2D eigenvalue weighted by Crippen LogP contribution is -2.29. The molecule has 0 atom stereocenters. The van der Waals surface area contributed by atoms with E-state index in [0.29, 0.717) is 10.7 Å². The largest absolute Gasteiger partial charge is 0.321 e. The lowest BCUT2D eigenvalue weighted by atomic mass is 10.1. The lowest BCUT2D eigenvalue weighted by molar-refractivity contribution is 0.0926. The summed E-state index contributed by atoms with van der Waals surface area (Å²) in [5.74, 6) is -1.35. The van der Waals surface area contributed by atoms with E-state index in [2.05, 4.69) is 5.32 Å². The van der Waals surface area contributed by atoms with Gasteiger partial charge in [0, 0.05) is 0 Å². The van der Waals surface area contributed by atoms with E-state index in [4.69, 9.17) is 11.6 Å². The van der Waals surface area contributed by atoms with Crippen LogP contribution >= 0.6 is 11.6 Å². The lowest BCUT2D eigenvalue weighted by Gasteiger charge is -2.14. The Bertz CT molecular complexity index is 1080. The Morgan fingerprint density at radius 2 is 1.52 bits per heavy atom. The van der Waals surface area contributed by atoms with Gasteiger partial charge in [-0.05, 0) is 36.4 Å². The minimum atomic E-state index is -0.476. The first-order valence-corrected chi connectivity index (χ1v) is 8.58. The zero-order valence-electron chi connectivity index (χ0n) is 14.0. The van der Waals surface area contributed by atoms with Gasteiger partial charge in [0.15, 0.2) is 0 Å². The third kappa shape index (κ3) is 2.88. The molecule has 1 N–H and O–H groups in total. The fraction of sp³-hybridized carbons (Fsp3) is 0. The van der Waals surface area contributed by atoms with Crippen molar-refractivity contribution in [3.8, 4) is 0 Å². The van der Waals surface area contributed by atoms with Gasteiger partial charge in [-0.2, -0.15) is 0 Å². The highest BCUT2D eigenvalue weighted by Crippen LogP contribution is 2.33. The summed E-state index contributed by atoms with van der Waals surface area (Å²) in [5.41, 5.74) is 1.46. The predicted octanol–water partition coefficient (Wildman–Crippen LogP) is 4.39. The first-order chi connectivity index (χ1) is 13.1. The van der Waals surface area contributed by atoms with Gasteiger partial charge in [0.25, 0.3) is 17.7 Å². The van der Waals surface area contributed by atoms with E-state index in [0.717, 1.165) is 4.90 Å². The van der Waals surface area contributed by atoms with E-state index < -0.39 is 17.7 Å². The van der Waals surface area contributed by atoms with Gasteiger partial charge in [-0.1, -0.05) is 48.0 Å². The van der Waals surface area contributed by atoms with E-state index in [1.807, 2.05) is 0 Å². The minimum absolute atomic E-state index is 0.173. The molecular weight excluding hydrogens is 364 g/mol. The molecule has 0 radical (unpaired) electrons. The van der Waals surface area contributed by atoms with E-state index >= 15 is 0 Å². The van der Waals surface area contributed by atoms with E-state index in [-0.39, 0.29) is 22.4 Å². The number of anilines is 2. The number of benzene rings is 3. The van der Waals surface area contributed by atoms with Gasteiger partial charge in [0.1, 0.15) is 0 Å². The van der Waals surface area contributed by atoms with E-state index in [1.54, 1.807) is 72.8 Å². The number of rotatable bonds is 3. The number of hydrogen-bond acceptors (Lipinski definition) is 3. The molecule has 1 aliphatic rings. The Balaban J connectivity index is 1.72. The van der Waals surface area contributed by atoms with Crippen molar-refractivity contribution in [2.24, 2.45) is 0 Å². The van der Waals surface area contributed by atoms with Crippen molar-refractivity contribution >= 4 is 40.7 Å². The predicted molar refractivity (Wildman–Crippen MR) is 103 cm³/mol. The molecule has 0 aliphatic carbocycles. The molecule has 0 saturated heterocycles. The summed E-state index contributed by atoms with van der Waals surface area (Å²) in [6.45, 7) is 0. The van der Waals surface area contributed by atoms with Gasteiger partial charge >= 0.3 is 0 Å². The number of fused-ring (bicyclic) bond motifs is 1. The summed E-state index contributed by atoms with van der Waals surface area (Å²) in [7, 11) is 0. The average molecular weight is 377 g/mol. The van der Waals surface area contributed by atoms with Gasteiger partial charge in [0.2, 0.25) is 0 Å². The summed E-state index contributed by atoms with van der Waals surface area (Å²) in [6.07, 6.45) is 0. The Labute approximate surface area is 160 Å². The van der Waals surface area contributed by atoms with E-state index in [1.165, 1.54) is 0 Å². The Morgan fingerprint density at radius 3 is 2.26 bits per heavy atom. The van der Waals surface area contributed by atoms with Crippen molar-refractivity contribution in [1.29, 1.82) is 0 Å². The molecular formula is C21H13ClN2O3. The minimum Gasteiger partial charge on any atom is -0.321 e. The second kappa shape index (κ2) is 6.70. The molecule has 3 aromatic carbocycles. The summed E-state index contributed by atoms with van der Waals surface area (Å²) < 4.78 is 0. The van der Waals surface area contributed by atoms with Crippen LogP contribution in [0.15, 0.2) is 72.8 Å². The Kier molecular flexibility index (Phi) is 4.22. The number of carbonyl (C=O) groups excluding carboxylic acids is 3. The third-order valence-corrected chi connectivity index (χ3v) is 4.63. The van der Waals surface area contributed by atoms with Crippen LogP contribution in [-0.4, -0.2) is 17.7 Å². The molecule has 0 aromatic heterocycles. The highest BCUT2D eigenvalue weighted by Gasteiger charge is 2.38. The number of carbonyl (C=O) groups is 3. The normalized spacial score (nSPS) is 12.9. The second-order valence-corrected chi connectivity index (χ2v) is 6.35. The highest BCUT2D eigenvalue weighted by atomic mass is 35.5. The molecule has 0 unspecified atom stereocenters. The number of nitrogens with one attached hydrogen (secondary N) is 1. The first kappa shape index (κ1) is 17.0. The Hall–Kier alpha value is -3.44. The van der Waals surface area contributed by atoms with Gasteiger partial charge in [-0.15, -0.1) is 0 Å². The number of nitrogens with zero attached hydrogens (tertiary/aromatic N) is 1. The summed E-state index contributed by atoms with van der Waals surface area (Å²) in [4.78, 5) is 39.4. The molecule has 0 fully saturated rings. The third-order valence-electron chi connectivity index (χ3n) is 4.30. The Morgan fingerprint density at radius 1 is 0.815 bits per heavy atom. The quantitative estimate of drug-likeness (QED) is 0.689. The van der Waals surface area contributed by atoms with Crippen molar-refractivity contribution in [1.82, 2.24) is 0 Å². The van der Waals surface area contributed by atoms with Crippen LogP contribution in [0.4, 0.5) is 11.4 Å². The molecule has 0 spiro atoms. The zero-order chi connectivity index (χ0) is 19.0. The SMILES string of the molecule is O=C(Nc1cccc2c1C(=O)N(c1ccccc1)C2=O)c1ccccc1Cl. The van der Waals surface area contributed by atoms with Gasteiger partial charge in [-0.3, -0.25) is 14.4 Å². The topological polar surface area (TPSA) is 66.5 Å². The summed E-state index contributed by atoms with van der Waals surface area (Å²) in [6, 6.07) is 20.1. The van der Waals surface area contributed by atoms with Gasteiger partial charge in [0.05, 0.1) is 33.1 Å². The van der Waals surface area contributed by atoms with Gasteiger partial charge < -0.3 is 5.32 Å². The van der Waals surface area contributed by atoms with Crippen LogP contribution < -0.4 is 10.2 Å². The zero-order valence-corrected chi connectivity index (χ0v) is 14.7. The smallest absolute Gasteiger partial charge is 0.268 e. The molecule has 27 heavy (non-hydrogen) atoms. The average Bonchev–Trinajstić information content (AvgIpc) is 2.94. The number of para-hydroxylation sites is 1. The van der Waals surface area contributed by atoms with Gasteiger partial charge in [-0.25, -0.2) is 4.90 Å². The molecule has 132 valence electrons. The molecule has 4 rings (SSSR count). The standard InChI is InChI=1S/C21H13ClN2O3/c22-16-11-5-4-9-14(16)19(25)23-17-12-6-10-15-18(17)21(27)24(20(15)26)13-7-2-1-3-8-13/h1-12H,(H,23,25). The maximum Gasteiger partial charge on any atom is 0.268 e. The highest BCUT2D eigenvalue weighted by molar-refractivity contribution is 6.37. The van der Waals surface area contributed by atoms with Crippen LogP contribution in [0.1, 0.15) is 31.1 Å². The number of imide groups is 1. The maximum atomic E-state index is 12.9. The van der Waals surface area contributed by atoms with Crippen molar-refractivity contribution in [3.05, 3.63) is 94.5 Å². The number of amides is 3. The summed E-state index contributed by atoms with van der Waals surface area (Å²) >= 11 is 6.07. The van der Waals surface area contributed by atoms with Crippen LogP contribution in [0.2, 0.25) is 5.02 Å². The second-order valence-electron chi connectivity index (χ2n) is 5.94. The van der Waals surface area contributed by atoms with Crippen molar-refractivity contribution in [2.75, 3.05) is 10.2 Å². The van der Waals surface area contributed by atoms with Crippen LogP contribution in [0.3, 0.4) is 0 Å². The molecule has 0 bridgehead atoms. The van der Waals surface area contributed by atoms with E-state index in [9.17, 15) is 14.4 Å². The fourth-order valence-electron chi connectivity index (χ4n) is 3.04. The molecule has 3 amide bonds. The van der Waals surface area contributed by atoms with Crippen LogP contribution in [0.25, 0.3) is 0 Å². The molecule has 3 aromatic rings. The molecule has 1 aliphatic heterocycles. The van der Waals surface area contributed by atoms with Crippen molar-refractivity contribution in [3.63, 3.8) is 0 Å². The molecule has 5 nitrogen and oxygen atoms in total. The monoisotopic (exact) mass is 376 g/mol. The number of halogens is 1. The molecule has 6 heteroatoms. The number of hydrogen-bond donors (Lipinski definition) is 1. The molecule has 0 saturated carbocycles. The summed E-state index contributed by atoms with van der Waals surface area (Å²) in [5, 5.41) is 3.00. The van der Waals surface area contributed by atoms with Crippen molar-refractivity contribution in [2.45, 2.75) is 0 Å².